The highest BCUT2D eigenvalue weighted by Gasteiger charge is 2.26. The number of methoxy groups -OCH3 is 1. The predicted octanol–water partition coefficient (Wildman–Crippen LogP) is 4.54. The summed E-state index contributed by atoms with van der Waals surface area (Å²) in [5, 5.41) is 0.759. The number of carbonyl (C=O) groups excluding carboxylic acids is 1. The van der Waals surface area contributed by atoms with Gasteiger partial charge in [-0.05, 0) is 42.5 Å². The summed E-state index contributed by atoms with van der Waals surface area (Å²) in [6.45, 7) is 0. The van der Waals surface area contributed by atoms with Gasteiger partial charge in [-0.3, -0.25) is 0 Å². The number of aryl methyl sites for hydroxylation is 1. The maximum absolute atomic E-state index is 12.0. The van der Waals surface area contributed by atoms with Gasteiger partial charge >= 0.3 is 5.97 Å². The first-order valence-electron chi connectivity index (χ1n) is 6.71. The maximum Gasteiger partial charge on any atom is 0.341 e. The summed E-state index contributed by atoms with van der Waals surface area (Å²) < 4.78 is 5.95. The average molecular weight is 364 g/mol. The van der Waals surface area contributed by atoms with Crippen molar-refractivity contribution in [2.24, 2.45) is 4.99 Å². The Labute approximate surface area is 135 Å². The Balaban J connectivity index is 1.95. The van der Waals surface area contributed by atoms with E-state index in [0.29, 0.717) is 5.56 Å². The van der Waals surface area contributed by atoms with Gasteiger partial charge < -0.3 is 4.74 Å². The second-order valence-corrected chi connectivity index (χ2v) is 6.84. The second kappa shape index (κ2) is 6.12. The Morgan fingerprint density at radius 1 is 1.33 bits per heavy atom. The molecule has 0 spiro atoms. The highest BCUT2D eigenvalue weighted by atomic mass is 79.9. The Kier molecular flexibility index (Phi) is 4.22. The largest absolute Gasteiger partial charge is 0.465 e. The van der Waals surface area contributed by atoms with Crippen LogP contribution in [0, 0.1) is 0 Å². The van der Waals surface area contributed by atoms with Crippen molar-refractivity contribution in [3.8, 4) is 0 Å². The van der Waals surface area contributed by atoms with Crippen LogP contribution in [0.25, 0.3) is 0 Å². The zero-order chi connectivity index (χ0) is 14.8. The molecule has 0 radical (unpaired) electrons. The fourth-order valence-corrected chi connectivity index (χ4v) is 3.96. The summed E-state index contributed by atoms with van der Waals surface area (Å²) in [5.41, 5.74) is 2.79. The normalized spacial score (nSPS) is 13.6. The molecule has 108 valence electrons. The number of fused-ring (bicyclic) bond motifs is 1. The molecule has 0 saturated carbocycles. The van der Waals surface area contributed by atoms with Crippen LogP contribution in [-0.2, 0) is 17.6 Å². The van der Waals surface area contributed by atoms with Gasteiger partial charge in [-0.15, -0.1) is 11.3 Å². The van der Waals surface area contributed by atoms with Gasteiger partial charge in [0.05, 0.1) is 12.7 Å². The van der Waals surface area contributed by atoms with Crippen molar-refractivity contribution >= 4 is 44.5 Å². The van der Waals surface area contributed by atoms with Crippen LogP contribution in [0.1, 0.15) is 32.8 Å². The molecule has 1 aliphatic rings. The Morgan fingerprint density at radius 2 is 2.10 bits per heavy atom. The molecule has 0 bridgehead atoms. The lowest BCUT2D eigenvalue weighted by molar-refractivity contribution is 0.0601. The molecule has 0 unspecified atom stereocenters. The Bertz CT molecular complexity index is 704. The van der Waals surface area contributed by atoms with Crippen LogP contribution in [-0.4, -0.2) is 19.3 Å². The highest BCUT2D eigenvalue weighted by Crippen LogP contribution is 2.41. The third-order valence-corrected chi connectivity index (χ3v) is 5.22. The van der Waals surface area contributed by atoms with E-state index in [0.717, 1.165) is 39.9 Å². The summed E-state index contributed by atoms with van der Waals surface area (Å²) in [5.74, 6) is -0.280. The van der Waals surface area contributed by atoms with E-state index in [1.165, 1.54) is 12.0 Å². The van der Waals surface area contributed by atoms with E-state index < -0.39 is 0 Å². The van der Waals surface area contributed by atoms with Gasteiger partial charge in [0, 0.05) is 15.6 Å². The monoisotopic (exact) mass is 363 g/mol. The molecule has 0 N–H and O–H groups in total. The number of thiophene rings is 1. The molecule has 1 aromatic carbocycles. The fourth-order valence-electron chi connectivity index (χ4n) is 2.48. The molecule has 0 saturated heterocycles. The van der Waals surface area contributed by atoms with Gasteiger partial charge in [0.1, 0.15) is 5.00 Å². The predicted molar refractivity (Wildman–Crippen MR) is 89.1 cm³/mol. The quantitative estimate of drug-likeness (QED) is 0.593. The Morgan fingerprint density at radius 3 is 2.81 bits per heavy atom. The van der Waals surface area contributed by atoms with Crippen molar-refractivity contribution in [2.45, 2.75) is 19.3 Å². The minimum Gasteiger partial charge on any atom is -0.465 e. The zero-order valence-corrected chi connectivity index (χ0v) is 14.0. The van der Waals surface area contributed by atoms with E-state index in [1.54, 1.807) is 17.6 Å². The van der Waals surface area contributed by atoms with Crippen LogP contribution in [0.15, 0.2) is 33.7 Å². The first kappa shape index (κ1) is 14.5. The van der Waals surface area contributed by atoms with Crippen molar-refractivity contribution in [1.82, 2.24) is 0 Å². The molecule has 1 heterocycles. The molecule has 0 aliphatic heterocycles. The summed E-state index contributed by atoms with van der Waals surface area (Å²) in [6.07, 6.45) is 4.89. The third-order valence-electron chi connectivity index (χ3n) is 3.49. The highest BCUT2D eigenvalue weighted by molar-refractivity contribution is 9.10. The lowest BCUT2D eigenvalue weighted by atomic mass is 10.1. The van der Waals surface area contributed by atoms with Crippen molar-refractivity contribution in [3.63, 3.8) is 0 Å². The molecule has 2 aromatic rings. The smallest absolute Gasteiger partial charge is 0.341 e. The van der Waals surface area contributed by atoms with Crippen LogP contribution >= 0.6 is 27.3 Å². The topological polar surface area (TPSA) is 38.7 Å². The van der Waals surface area contributed by atoms with E-state index >= 15 is 0 Å². The number of benzene rings is 1. The number of hydrogen-bond acceptors (Lipinski definition) is 4. The molecule has 0 amide bonds. The first-order valence-corrected chi connectivity index (χ1v) is 8.32. The van der Waals surface area contributed by atoms with Crippen LogP contribution < -0.4 is 0 Å². The number of esters is 1. The molecule has 21 heavy (non-hydrogen) atoms. The molecule has 3 nitrogen and oxygen atoms in total. The lowest BCUT2D eigenvalue weighted by Crippen LogP contribution is -2.02. The van der Waals surface area contributed by atoms with Gasteiger partial charge in [0.15, 0.2) is 0 Å². The number of hydrogen-bond donors (Lipinski definition) is 0. The van der Waals surface area contributed by atoms with Crippen LogP contribution in [0.5, 0.6) is 0 Å². The number of aliphatic imine (C=N–C) groups is 1. The second-order valence-electron chi connectivity index (χ2n) is 4.84. The van der Waals surface area contributed by atoms with E-state index in [2.05, 4.69) is 20.9 Å². The van der Waals surface area contributed by atoms with Crippen molar-refractivity contribution in [2.75, 3.05) is 7.11 Å². The average Bonchev–Trinajstić information content (AvgIpc) is 3.06. The number of ether oxygens (including phenoxy) is 1. The molecule has 0 fully saturated rings. The van der Waals surface area contributed by atoms with Gasteiger partial charge in [-0.2, -0.15) is 0 Å². The van der Waals surface area contributed by atoms with E-state index in [-0.39, 0.29) is 5.97 Å². The first-order chi connectivity index (χ1) is 10.2. The van der Waals surface area contributed by atoms with Gasteiger partial charge in [-0.25, -0.2) is 9.79 Å². The molecule has 1 aliphatic carbocycles. The van der Waals surface area contributed by atoms with Crippen molar-refractivity contribution < 1.29 is 9.53 Å². The number of halogens is 1. The SMILES string of the molecule is COC(=O)c1c(N=Cc2ccc(Br)cc2)sc2c1CCC2. The molecule has 0 atom stereocenters. The fraction of sp³-hybridized carbons (Fsp3) is 0.250. The minimum absolute atomic E-state index is 0.280. The molecule has 5 heteroatoms. The van der Waals surface area contributed by atoms with Crippen molar-refractivity contribution in [3.05, 3.63) is 50.3 Å². The Hall–Kier alpha value is -1.46. The maximum atomic E-state index is 12.0. The van der Waals surface area contributed by atoms with E-state index in [9.17, 15) is 4.79 Å². The standard InChI is InChI=1S/C16H14BrNO2S/c1-20-16(19)14-12-3-2-4-13(12)21-15(14)18-9-10-5-7-11(17)8-6-10/h5-9H,2-4H2,1H3. The van der Waals surface area contributed by atoms with Crippen LogP contribution in [0.2, 0.25) is 0 Å². The molecule has 3 rings (SSSR count). The van der Waals surface area contributed by atoms with E-state index in [4.69, 9.17) is 4.74 Å². The molecular weight excluding hydrogens is 350 g/mol. The van der Waals surface area contributed by atoms with Gasteiger partial charge in [0.2, 0.25) is 0 Å². The zero-order valence-electron chi connectivity index (χ0n) is 11.6. The lowest BCUT2D eigenvalue weighted by Gasteiger charge is -2.01. The summed E-state index contributed by atoms with van der Waals surface area (Å²) in [6, 6.07) is 7.90. The van der Waals surface area contributed by atoms with Gasteiger partial charge in [0.25, 0.3) is 0 Å². The van der Waals surface area contributed by atoms with Crippen molar-refractivity contribution in [1.29, 1.82) is 0 Å². The summed E-state index contributed by atoms with van der Waals surface area (Å²) in [4.78, 5) is 17.8. The third kappa shape index (κ3) is 2.94. The summed E-state index contributed by atoms with van der Waals surface area (Å²) in [7, 11) is 1.42. The van der Waals surface area contributed by atoms with E-state index in [1.807, 2.05) is 24.3 Å². The van der Waals surface area contributed by atoms with Gasteiger partial charge in [-0.1, -0.05) is 28.1 Å². The minimum atomic E-state index is -0.280. The number of rotatable bonds is 3. The van der Waals surface area contributed by atoms with Crippen LogP contribution in [0.4, 0.5) is 5.00 Å². The number of nitrogens with zero attached hydrogens (tertiary/aromatic N) is 1. The number of carbonyl (C=O) groups is 1. The van der Waals surface area contributed by atoms with Crippen LogP contribution in [0.3, 0.4) is 0 Å². The summed E-state index contributed by atoms with van der Waals surface area (Å²) >= 11 is 5.01. The molecule has 1 aromatic heterocycles. The molecular formula is C16H14BrNO2S.